The van der Waals surface area contributed by atoms with Crippen molar-refractivity contribution in [3.8, 4) is 0 Å². The summed E-state index contributed by atoms with van der Waals surface area (Å²) in [6.07, 6.45) is 6.06. The van der Waals surface area contributed by atoms with Crippen LogP contribution in [-0.2, 0) is 0 Å². The third-order valence-electron chi connectivity index (χ3n) is 2.29. The first kappa shape index (κ1) is 10.6. The van der Waals surface area contributed by atoms with Crippen LogP contribution in [0.5, 0.6) is 0 Å². The molecule has 0 saturated carbocycles. The molecule has 0 bridgehead atoms. The molecule has 2 rings (SSSR count). The van der Waals surface area contributed by atoms with Gasteiger partial charge in [-0.1, -0.05) is 0 Å². The van der Waals surface area contributed by atoms with Crippen LogP contribution in [-0.4, -0.2) is 22.2 Å². The lowest BCUT2D eigenvalue weighted by atomic mass is 10.0. The molecule has 0 aliphatic rings. The maximum Gasteiger partial charge on any atom is 0.141 e. The smallest absolute Gasteiger partial charge is 0.141 e. The van der Waals surface area contributed by atoms with Crippen LogP contribution in [0.1, 0.15) is 17.2 Å². The second-order valence-corrected chi connectivity index (χ2v) is 3.33. The fourth-order valence-electron chi connectivity index (χ4n) is 1.58. The van der Waals surface area contributed by atoms with Gasteiger partial charge < -0.3 is 5.32 Å². The van der Waals surface area contributed by atoms with Gasteiger partial charge in [0.05, 0.1) is 18.4 Å². The Bertz CT molecular complexity index is 461. The van der Waals surface area contributed by atoms with Crippen LogP contribution in [0.15, 0.2) is 36.9 Å². The molecule has 82 valence electrons. The van der Waals surface area contributed by atoms with Crippen LogP contribution < -0.4 is 5.32 Å². The normalized spacial score (nSPS) is 12.4. The second-order valence-electron chi connectivity index (χ2n) is 3.33. The molecule has 4 nitrogen and oxygen atoms in total. The zero-order chi connectivity index (χ0) is 11.4. The van der Waals surface area contributed by atoms with E-state index < -0.39 is 0 Å². The van der Waals surface area contributed by atoms with E-state index in [4.69, 9.17) is 0 Å². The van der Waals surface area contributed by atoms with Gasteiger partial charge in [0, 0.05) is 12.4 Å². The van der Waals surface area contributed by atoms with Crippen LogP contribution >= 0.6 is 0 Å². The first-order valence-electron chi connectivity index (χ1n) is 4.85. The quantitative estimate of drug-likeness (QED) is 0.844. The van der Waals surface area contributed by atoms with Gasteiger partial charge in [0.2, 0.25) is 0 Å². The minimum atomic E-state index is -0.347. The van der Waals surface area contributed by atoms with E-state index in [1.807, 2.05) is 6.07 Å². The molecule has 0 spiro atoms. The topological polar surface area (TPSA) is 50.7 Å². The monoisotopic (exact) mass is 218 g/mol. The van der Waals surface area contributed by atoms with Gasteiger partial charge in [-0.15, -0.1) is 0 Å². The number of pyridine rings is 1. The Morgan fingerprint density at radius 1 is 1.19 bits per heavy atom. The molecule has 0 saturated heterocycles. The van der Waals surface area contributed by atoms with E-state index in [-0.39, 0.29) is 11.9 Å². The van der Waals surface area contributed by atoms with Crippen LogP contribution in [0.2, 0.25) is 0 Å². The van der Waals surface area contributed by atoms with Crippen molar-refractivity contribution in [2.45, 2.75) is 6.04 Å². The molecule has 1 N–H and O–H groups in total. The Kier molecular flexibility index (Phi) is 3.16. The summed E-state index contributed by atoms with van der Waals surface area (Å²) in [5.74, 6) is -0.347. The van der Waals surface area contributed by atoms with E-state index in [9.17, 15) is 4.39 Å². The molecule has 1 atom stereocenters. The Morgan fingerprint density at radius 3 is 2.69 bits per heavy atom. The van der Waals surface area contributed by atoms with Gasteiger partial charge in [0.15, 0.2) is 0 Å². The Hall–Kier alpha value is -1.88. The van der Waals surface area contributed by atoms with E-state index in [2.05, 4.69) is 20.5 Å². The van der Waals surface area contributed by atoms with Crippen LogP contribution in [0, 0.1) is 5.82 Å². The number of rotatable bonds is 3. The number of hydrogen-bond acceptors (Lipinski definition) is 4. The Balaban J connectivity index is 2.37. The standard InChI is InChI=1S/C11H11FN4/c1-13-11(8-2-3-15-16-6-8)9-4-10(12)7-14-5-9/h2-7,11,13H,1H3. The summed E-state index contributed by atoms with van der Waals surface area (Å²) in [6.45, 7) is 0. The first-order chi connectivity index (χ1) is 7.81. The van der Waals surface area contributed by atoms with Gasteiger partial charge in [0.25, 0.3) is 0 Å². The summed E-state index contributed by atoms with van der Waals surface area (Å²) in [6, 6.07) is 3.16. The lowest BCUT2D eigenvalue weighted by Gasteiger charge is -2.15. The van der Waals surface area contributed by atoms with Crippen molar-refractivity contribution in [3.05, 3.63) is 53.9 Å². The molecule has 2 aromatic rings. The summed E-state index contributed by atoms with van der Waals surface area (Å²) < 4.78 is 13.1. The summed E-state index contributed by atoms with van der Waals surface area (Å²) in [5, 5.41) is 10.6. The Morgan fingerprint density at radius 2 is 2.06 bits per heavy atom. The molecule has 0 radical (unpaired) electrons. The van der Waals surface area contributed by atoms with Gasteiger partial charge in [-0.2, -0.15) is 10.2 Å². The van der Waals surface area contributed by atoms with E-state index >= 15 is 0 Å². The average Bonchev–Trinajstić information content (AvgIpc) is 2.31. The minimum Gasteiger partial charge on any atom is -0.309 e. The second kappa shape index (κ2) is 4.76. The molecule has 5 heteroatoms. The number of nitrogens with zero attached hydrogens (tertiary/aromatic N) is 3. The highest BCUT2D eigenvalue weighted by Gasteiger charge is 2.12. The van der Waals surface area contributed by atoms with Crippen molar-refractivity contribution in [1.82, 2.24) is 20.5 Å². The molecule has 0 fully saturated rings. The SMILES string of the molecule is CNC(c1ccnnc1)c1cncc(F)c1. The van der Waals surface area contributed by atoms with E-state index in [1.165, 1.54) is 12.3 Å². The summed E-state index contributed by atoms with van der Waals surface area (Å²) in [5.41, 5.74) is 1.68. The number of halogens is 1. The third-order valence-corrected chi connectivity index (χ3v) is 2.29. The Labute approximate surface area is 92.6 Å². The fourth-order valence-corrected chi connectivity index (χ4v) is 1.58. The average molecular weight is 218 g/mol. The lowest BCUT2D eigenvalue weighted by molar-refractivity contribution is 0.608. The molecule has 2 heterocycles. The van der Waals surface area contributed by atoms with Gasteiger partial charge in [0.1, 0.15) is 5.82 Å². The van der Waals surface area contributed by atoms with Crippen LogP contribution in [0.25, 0.3) is 0 Å². The number of nitrogens with one attached hydrogen (secondary N) is 1. The largest absolute Gasteiger partial charge is 0.309 e. The third kappa shape index (κ3) is 2.20. The van der Waals surface area contributed by atoms with Crippen molar-refractivity contribution in [2.24, 2.45) is 0 Å². The van der Waals surface area contributed by atoms with Crippen molar-refractivity contribution < 1.29 is 4.39 Å². The molecule has 16 heavy (non-hydrogen) atoms. The maximum absolute atomic E-state index is 13.1. The van der Waals surface area contributed by atoms with Crippen molar-refractivity contribution in [2.75, 3.05) is 7.05 Å². The summed E-state index contributed by atoms with van der Waals surface area (Å²) in [4.78, 5) is 3.83. The van der Waals surface area contributed by atoms with Crippen molar-refractivity contribution in [3.63, 3.8) is 0 Å². The van der Waals surface area contributed by atoms with E-state index in [1.54, 1.807) is 25.6 Å². The molecule has 1 unspecified atom stereocenters. The molecule has 0 aromatic carbocycles. The number of hydrogen-bond donors (Lipinski definition) is 1. The summed E-state index contributed by atoms with van der Waals surface area (Å²) in [7, 11) is 1.80. The first-order valence-corrected chi connectivity index (χ1v) is 4.85. The van der Waals surface area contributed by atoms with E-state index in [0.29, 0.717) is 0 Å². The van der Waals surface area contributed by atoms with Crippen LogP contribution in [0.4, 0.5) is 4.39 Å². The van der Waals surface area contributed by atoms with E-state index in [0.717, 1.165) is 11.1 Å². The molecule has 0 aliphatic carbocycles. The number of aromatic nitrogens is 3. The molecule has 0 aliphatic heterocycles. The van der Waals surface area contributed by atoms with Gasteiger partial charge in [-0.05, 0) is 30.3 Å². The molecule has 0 amide bonds. The zero-order valence-corrected chi connectivity index (χ0v) is 8.76. The fraction of sp³-hybridized carbons (Fsp3) is 0.182. The highest BCUT2D eigenvalue weighted by Crippen LogP contribution is 2.19. The predicted molar refractivity (Wildman–Crippen MR) is 57.1 cm³/mol. The predicted octanol–water partition coefficient (Wildman–Crippen LogP) is 1.32. The van der Waals surface area contributed by atoms with Gasteiger partial charge in [-0.3, -0.25) is 4.98 Å². The maximum atomic E-state index is 13.1. The van der Waals surface area contributed by atoms with Crippen LogP contribution in [0.3, 0.4) is 0 Å². The molecular formula is C11H11FN4. The minimum absolute atomic E-state index is 0.126. The van der Waals surface area contributed by atoms with Gasteiger partial charge in [-0.25, -0.2) is 4.39 Å². The highest BCUT2D eigenvalue weighted by molar-refractivity contribution is 5.27. The molecular weight excluding hydrogens is 207 g/mol. The van der Waals surface area contributed by atoms with Gasteiger partial charge >= 0.3 is 0 Å². The summed E-state index contributed by atoms with van der Waals surface area (Å²) >= 11 is 0. The highest BCUT2D eigenvalue weighted by atomic mass is 19.1. The van der Waals surface area contributed by atoms with Crippen molar-refractivity contribution in [1.29, 1.82) is 0 Å². The molecule has 2 aromatic heterocycles. The zero-order valence-electron chi connectivity index (χ0n) is 8.76. The van der Waals surface area contributed by atoms with Crippen molar-refractivity contribution >= 4 is 0 Å². The lowest BCUT2D eigenvalue weighted by Crippen LogP contribution is -2.18.